The normalized spacial score (nSPS) is 20.7. The van der Waals surface area contributed by atoms with Crippen LogP contribution in [0.1, 0.15) is 42.5 Å². The molecule has 10 heteroatoms. The largest absolute Gasteiger partial charge is 0.362 e. The molecule has 0 fully saturated rings. The molecule has 2 atom stereocenters. The van der Waals surface area contributed by atoms with E-state index in [9.17, 15) is 14.4 Å². The first-order valence-electron chi connectivity index (χ1n) is 10.8. The second kappa shape index (κ2) is 7.60. The fraction of sp³-hybridized carbons (Fsp3) is 0.455. The minimum atomic E-state index is -0.440. The van der Waals surface area contributed by atoms with Gasteiger partial charge in [0.2, 0.25) is 5.91 Å². The molecule has 2 aliphatic heterocycles. The lowest BCUT2D eigenvalue weighted by atomic mass is 9.97. The number of rotatable bonds is 3. The third-order valence-electron chi connectivity index (χ3n) is 6.60. The Morgan fingerprint density at radius 3 is 2.88 bits per heavy atom. The van der Waals surface area contributed by atoms with Gasteiger partial charge in [-0.1, -0.05) is 0 Å². The van der Waals surface area contributed by atoms with Crippen molar-refractivity contribution in [2.45, 2.75) is 45.4 Å². The van der Waals surface area contributed by atoms with Crippen molar-refractivity contribution in [1.29, 1.82) is 5.26 Å². The van der Waals surface area contributed by atoms with Crippen molar-refractivity contribution in [3.8, 4) is 6.07 Å². The monoisotopic (exact) mass is 436 g/mol. The molecule has 32 heavy (non-hydrogen) atoms. The Hall–Kier alpha value is -3.45. The average Bonchev–Trinajstić information content (AvgIpc) is 3.34. The minimum Gasteiger partial charge on any atom is -0.362 e. The van der Waals surface area contributed by atoms with Crippen LogP contribution >= 0.6 is 0 Å². The second-order valence-electron chi connectivity index (χ2n) is 8.65. The lowest BCUT2D eigenvalue weighted by Gasteiger charge is -2.35. The number of nitrogens with one attached hydrogen (secondary N) is 1. The quantitative estimate of drug-likeness (QED) is 0.671. The average molecular weight is 436 g/mol. The van der Waals surface area contributed by atoms with Gasteiger partial charge in [0.1, 0.15) is 17.3 Å². The molecule has 0 saturated carbocycles. The summed E-state index contributed by atoms with van der Waals surface area (Å²) < 4.78 is 18.1. The lowest BCUT2D eigenvalue weighted by Crippen LogP contribution is -2.44. The minimum absolute atomic E-state index is 0.00326. The highest BCUT2D eigenvalue weighted by molar-refractivity contribution is 5.77. The molecule has 0 spiro atoms. The molecule has 5 heterocycles. The standard InChI is InChI=1S/C22H25FN8O/c1-13-6-16-18(10-28(13)12-21(32)25-3)27-30-14(2)9-29(11-20(16)30)19-5-4-15(7-24)31-22(19)17(23)8-26-31/h4-5,8,13-14H,6,9-12H2,1-3H3,(H,25,32)/t13-,14+/m0/s1. The van der Waals surface area contributed by atoms with Gasteiger partial charge in [-0.3, -0.25) is 14.4 Å². The van der Waals surface area contributed by atoms with Crippen molar-refractivity contribution in [3.05, 3.63) is 46.8 Å². The van der Waals surface area contributed by atoms with E-state index < -0.39 is 5.82 Å². The third kappa shape index (κ3) is 3.12. The van der Waals surface area contributed by atoms with Gasteiger partial charge < -0.3 is 10.2 Å². The molecule has 1 N–H and O–H groups in total. The summed E-state index contributed by atoms with van der Waals surface area (Å²) in [5, 5.41) is 21.0. The number of nitriles is 1. The summed E-state index contributed by atoms with van der Waals surface area (Å²) in [5.41, 5.74) is 4.70. The SMILES string of the molecule is CNC(=O)CN1Cc2nn3c(c2C[C@@H]1C)CN(c1ccc(C#N)n2ncc(F)c12)C[C@H]3C. The van der Waals surface area contributed by atoms with Gasteiger partial charge in [-0.25, -0.2) is 8.91 Å². The van der Waals surface area contributed by atoms with E-state index in [1.807, 2.05) is 0 Å². The van der Waals surface area contributed by atoms with Crippen LogP contribution in [0.4, 0.5) is 10.1 Å². The number of carbonyl (C=O) groups excluding carboxylic acids is 1. The van der Waals surface area contributed by atoms with Crippen LogP contribution in [-0.4, -0.2) is 56.4 Å². The van der Waals surface area contributed by atoms with Gasteiger partial charge >= 0.3 is 0 Å². The topological polar surface area (TPSA) is 94.5 Å². The van der Waals surface area contributed by atoms with Crippen LogP contribution in [0.15, 0.2) is 18.3 Å². The maximum atomic E-state index is 14.6. The number of halogens is 1. The molecule has 0 saturated heterocycles. The van der Waals surface area contributed by atoms with Crippen LogP contribution in [0.2, 0.25) is 0 Å². The molecule has 0 radical (unpaired) electrons. The van der Waals surface area contributed by atoms with Crippen molar-refractivity contribution in [2.24, 2.45) is 0 Å². The Morgan fingerprint density at radius 1 is 1.31 bits per heavy atom. The van der Waals surface area contributed by atoms with Gasteiger partial charge in [0.05, 0.1) is 42.4 Å². The van der Waals surface area contributed by atoms with Crippen molar-refractivity contribution in [1.82, 2.24) is 29.6 Å². The molecule has 2 aliphatic rings. The maximum absolute atomic E-state index is 14.6. The molecular weight excluding hydrogens is 411 g/mol. The Bertz CT molecular complexity index is 1260. The van der Waals surface area contributed by atoms with Gasteiger partial charge in [-0.05, 0) is 32.4 Å². The van der Waals surface area contributed by atoms with E-state index in [0.29, 0.717) is 37.4 Å². The zero-order valence-corrected chi connectivity index (χ0v) is 18.3. The molecule has 0 unspecified atom stereocenters. The molecule has 3 aromatic heterocycles. The molecule has 0 bridgehead atoms. The lowest BCUT2D eigenvalue weighted by molar-refractivity contribution is -0.122. The van der Waals surface area contributed by atoms with E-state index in [4.69, 9.17) is 5.10 Å². The number of hydrogen-bond donors (Lipinski definition) is 1. The summed E-state index contributed by atoms with van der Waals surface area (Å²) >= 11 is 0. The summed E-state index contributed by atoms with van der Waals surface area (Å²) in [7, 11) is 1.65. The van der Waals surface area contributed by atoms with E-state index in [1.54, 1.807) is 19.2 Å². The summed E-state index contributed by atoms with van der Waals surface area (Å²) in [4.78, 5) is 16.2. The Morgan fingerprint density at radius 2 is 2.12 bits per heavy atom. The second-order valence-corrected chi connectivity index (χ2v) is 8.65. The van der Waals surface area contributed by atoms with Crippen LogP contribution in [0.3, 0.4) is 0 Å². The van der Waals surface area contributed by atoms with E-state index in [2.05, 4.69) is 44.8 Å². The highest BCUT2D eigenvalue weighted by Gasteiger charge is 2.34. The van der Waals surface area contributed by atoms with Crippen molar-refractivity contribution in [2.75, 3.05) is 25.0 Å². The Balaban J connectivity index is 1.51. The first-order valence-corrected chi connectivity index (χ1v) is 10.8. The van der Waals surface area contributed by atoms with Crippen molar-refractivity contribution in [3.63, 3.8) is 0 Å². The van der Waals surface area contributed by atoms with Gasteiger partial charge in [-0.2, -0.15) is 15.5 Å². The summed E-state index contributed by atoms with van der Waals surface area (Å²) in [6.45, 7) is 6.48. The smallest absolute Gasteiger partial charge is 0.233 e. The van der Waals surface area contributed by atoms with Crippen molar-refractivity contribution >= 4 is 17.1 Å². The Kier molecular flexibility index (Phi) is 4.86. The van der Waals surface area contributed by atoms with Crippen LogP contribution in [0.5, 0.6) is 0 Å². The van der Waals surface area contributed by atoms with Crippen molar-refractivity contribution < 1.29 is 9.18 Å². The summed E-state index contributed by atoms with van der Waals surface area (Å²) in [6.07, 6.45) is 1.97. The van der Waals surface area contributed by atoms with Crippen LogP contribution in [0.25, 0.3) is 5.52 Å². The number of aromatic nitrogens is 4. The van der Waals surface area contributed by atoms with E-state index in [-0.39, 0.29) is 18.0 Å². The number of carbonyl (C=O) groups is 1. The molecule has 1 amide bonds. The fourth-order valence-electron chi connectivity index (χ4n) is 4.91. The predicted octanol–water partition coefficient (Wildman–Crippen LogP) is 1.62. The highest BCUT2D eigenvalue weighted by Crippen LogP contribution is 2.35. The molecular formula is C22H25FN8O. The van der Waals surface area contributed by atoms with Gasteiger partial charge in [0.25, 0.3) is 0 Å². The summed E-state index contributed by atoms with van der Waals surface area (Å²) in [5.74, 6) is -0.444. The van der Waals surface area contributed by atoms with E-state index in [1.165, 1.54) is 10.1 Å². The molecule has 166 valence electrons. The molecule has 3 aromatic rings. The number of anilines is 1. The number of likely N-dealkylation sites (N-methyl/N-ethyl adjacent to an activating group) is 1. The van der Waals surface area contributed by atoms with E-state index >= 15 is 0 Å². The first kappa shape index (κ1) is 20.5. The number of nitrogens with zero attached hydrogens (tertiary/aromatic N) is 7. The first-order chi connectivity index (χ1) is 15.4. The highest BCUT2D eigenvalue weighted by atomic mass is 19.1. The van der Waals surface area contributed by atoms with Gasteiger partial charge in [0, 0.05) is 31.7 Å². The number of pyridine rings is 1. The van der Waals surface area contributed by atoms with Gasteiger partial charge in [0.15, 0.2) is 5.82 Å². The molecule has 9 nitrogen and oxygen atoms in total. The zero-order valence-electron chi connectivity index (χ0n) is 18.3. The zero-order chi connectivity index (χ0) is 22.6. The van der Waals surface area contributed by atoms with Gasteiger partial charge in [-0.15, -0.1) is 0 Å². The number of amides is 1. The fourth-order valence-corrected chi connectivity index (χ4v) is 4.91. The number of hydrogen-bond acceptors (Lipinski definition) is 6. The van der Waals surface area contributed by atoms with E-state index in [0.717, 1.165) is 29.7 Å². The predicted molar refractivity (Wildman–Crippen MR) is 115 cm³/mol. The van der Waals surface area contributed by atoms with Crippen LogP contribution < -0.4 is 10.2 Å². The van der Waals surface area contributed by atoms with Crippen LogP contribution in [0, 0.1) is 17.1 Å². The summed E-state index contributed by atoms with van der Waals surface area (Å²) in [6, 6.07) is 5.86. The third-order valence-corrected chi connectivity index (χ3v) is 6.60. The van der Waals surface area contributed by atoms with Crippen LogP contribution in [-0.2, 0) is 24.3 Å². The number of fused-ring (bicyclic) bond motifs is 4. The Labute approximate surface area is 185 Å². The molecule has 5 rings (SSSR count). The molecule has 0 aliphatic carbocycles. The maximum Gasteiger partial charge on any atom is 0.233 e. The molecule has 0 aromatic carbocycles.